The first kappa shape index (κ1) is 6.43. The first-order valence-electron chi connectivity index (χ1n) is 1.64. The van der Waals surface area contributed by atoms with Gasteiger partial charge in [-0.3, -0.25) is 0 Å². The summed E-state index contributed by atoms with van der Waals surface area (Å²) in [5, 5.41) is 28.3. The van der Waals surface area contributed by atoms with E-state index in [4.69, 9.17) is 15.7 Å². The molecule has 2 N–H and O–H groups in total. The van der Waals surface area contributed by atoms with E-state index < -0.39 is 0 Å². The monoisotopic (exact) mass is 113 g/mol. The Balaban J connectivity index is 3.98. The zero-order valence-electron chi connectivity index (χ0n) is 3.81. The fourth-order valence-corrected chi connectivity index (χ4v) is 0.132. The molecule has 0 aliphatic heterocycles. The number of nitriles is 1. The van der Waals surface area contributed by atoms with Gasteiger partial charge in [0.15, 0.2) is 0 Å². The van der Waals surface area contributed by atoms with Crippen LogP contribution in [0.3, 0.4) is 0 Å². The third-order valence-electron chi connectivity index (χ3n) is 0.402. The molecule has 0 aliphatic carbocycles. The largest absolute Gasteiger partial charge is 0.411 e. The van der Waals surface area contributed by atoms with Gasteiger partial charge in [0.2, 0.25) is 5.71 Å². The number of hydrogen-bond acceptors (Lipinski definition) is 5. The van der Waals surface area contributed by atoms with Crippen LogP contribution in [0.4, 0.5) is 0 Å². The molecule has 8 heavy (non-hydrogen) atoms. The van der Waals surface area contributed by atoms with Gasteiger partial charge in [0.25, 0.3) is 0 Å². The molecule has 0 aliphatic rings. The lowest BCUT2D eigenvalue weighted by Gasteiger charge is -1.74. The highest BCUT2D eigenvalue weighted by molar-refractivity contribution is 6.37. The molecule has 42 valence electrons. The van der Waals surface area contributed by atoms with Crippen molar-refractivity contribution in [3.05, 3.63) is 0 Å². The molecule has 0 rings (SSSR count). The van der Waals surface area contributed by atoms with Gasteiger partial charge in [0.05, 0.1) is 0 Å². The molecule has 0 heterocycles. The van der Waals surface area contributed by atoms with Gasteiger partial charge in [0, 0.05) is 0 Å². The summed E-state index contributed by atoms with van der Waals surface area (Å²) in [6.45, 7) is 0. The Hall–Kier alpha value is -1.57. The average molecular weight is 113 g/mol. The number of oxime groups is 2. The van der Waals surface area contributed by atoms with Crippen molar-refractivity contribution in [3.63, 3.8) is 0 Å². The molecule has 0 aromatic heterocycles. The van der Waals surface area contributed by atoms with Gasteiger partial charge in [-0.15, -0.1) is 0 Å². The lowest BCUT2D eigenvalue weighted by atomic mass is 10.5. The second kappa shape index (κ2) is 3.61. The van der Waals surface area contributed by atoms with E-state index >= 15 is 0 Å². The smallest absolute Gasteiger partial charge is 0.201 e. The van der Waals surface area contributed by atoms with E-state index in [-0.39, 0.29) is 5.71 Å². The molecule has 0 saturated carbocycles. The lowest BCUT2D eigenvalue weighted by molar-refractivity contribution is 0.316. The maximum atomic E-state index is 7.91. The number of nitrogens with zero attached hydrogens (tertiary/aromatic N) is 3. The van der Waals surface area contributed by atoms with Gasteiger partial charge >= 0.3 is 0 Å². The highest BCUT2D eigenvalue weighted by atomic mass is 16.4. The summed E-state index contributed by atoms with van der Waals surface area (Å²) >= 11 is 0. The SMILES string of the molecule is N#CC(/C=N/O)=N\O. The minimum atomic E-state index is -0.340. The van der Waals surface area contributed by atoms with E-state index in [1.54, 1.807) is 0 Å². The summed E-state index contributed by atoms with van der Waals surface area (Å²) in [6, 6.07) is 1.44. The molecule has 5 heteroatoms. The number of hydrogen-bond donors (Lipinski definition) is 2. The van der Waals surface area contributed by atoms with Gasteiger partial charge in [-0.2, -0.15) is 5.26 Å². The Morgan fingerprint density at radius 3 is 2.38 bits per heavy atom. The first-order chi connectivity index (χ1) is 3.85. The molecule has 0 fully saturated rings. The Morgan fingerprint density at radius 2 is 2.25 bits per heavy atom. The predicted molar refractivity (Wildman–Crippen MR) is 25.1 cm³/mol. The van der Waals surface area contributed by atoms with Gasteiger partial charge < -0.3 is 10.4 Å². The van der Waals surface area contributed by atoms with Crippen molar-refractivity contribution < 1.29 is 10.4 Å². The van der Waals surface area contributed by atoms with Crippen LogP contribution in [0.2, 0.25) is 0 Å². The first-order valence-corrected chi connectivity index (χ1v) is 1.64. The van der Waals surface area contributed by atoms with Gasteiger partial charge in [-0.25, -0.2) is 0 Å². The molecule has 0 unspecified atom stereocenters. The molecular formula is C3H3N3O2. The summed E-state index contributed by atoms with van der Waals surface area (Å²) in [5.41, 5.74) is -0.340. The van der Waals surface area contributed by atoms with Crippen LogP contribution in [0.25, 0.3) is 0 Å². The second-order valence-electron chi connectivity index (χ2n) is 0.842. The Bertz CT molecular complexity index is 154. The molecule has 0 aromatic rings. The molecule has 0 amide bonds. The van der Waals surface area contributed by atoms with Crippen molar-refractivity contribution in [2.24, 2.45) is 10.3 Å². The van der Waals surface area contributed by atoms with Crippen LogP contribution in [-0.2, 0) is 0 Å². The van der Waals surface area contributed by atoms with Crippen molar-refractivity contribution >= 4 is 11.9 Å². The fourth-order valence-electron chi connectivity index (χ4n) is 0.132. The van der Waals surface area contributed by atoms with Crippen LogP contribution < -0.4 is 0 Å². The molecular weight excluding hydrogens is 110 g/mol. The van der Waals surface area contributed by atoms with E-state index in [9.17, 15) is 0 Å². The van der Waals surface area contributed by atoms with Crippen LogP contribution in [-0.4, -0.2) is 22.3 Å². The van der Waals surface area contributed by atoms with Gasteiger partial charge in [-0.05, 0) is 0 Å². The van der Waals surface area contributed by atoms with Crippen LogP contribution >= 0.6 is 0 Å². The van der Waals surface area contributed by atoms with Crippen molar-refractivity contribution in [2.45, 2.75) is 0 Å². The Kier molecular flexibility index (Phi) is 2.90. The zero-order valence-corrected chi connectivity index (χ0v) is 3.81. The van der Waals surface area contributed by atoms with Crippen LogP contribution in [0.15, 0.2) is 10.3 Å². The summed E-state index contributed by atoms with van der Waals surface area (Å²) < 4.78 is 0. The van der Waals surface area contributed by atoms with Crippen LogP contribution in [0.5, 0.6) is 0 Å². The summed E-state index contributed by atoms with van der Waals surface area (Å²) in [5.74, 6) is 0. The highest BCUT2D eigenvalue weighted by Gasteiger charge is 1.87. The third-order valence-corrected chi connectivity index (χ3v) is 0.402. The summed E-state index contributed by atoms with van der Waals surface area (Å²) in [6.07, 6.45) is 0.722. The van der Waals surface area contributed by atoms with Gasteiger partial charge in [0.1, 0.15) is 12.3 Å². The molecule has 0 spiro atoms. The maximum Gasteiger partial charge on any atom is 0.201 e. The van der Waals surface area contributed by atoms with Crippen LogP contribution in [0.1, 0.15) is 0 Å². The summed E-state index contributed by atoms with van der Waals surface area (Å²) in [7, 11) is 0. The van der Waals surface area contributed by atoms with E-state index in [0.717, 1.165) is 6.21 Å². The molecule has 0 saturated heterocycles. The maximum absolute atomic E-state index is 7.91. The van der Waals surface area contributed by atoms with E-state index in [0.29, 0.717) is 0 Å². The van der Waals surface area contributed by atoms with Crippen molar-refractivity contribution in [2.75, 3.05) is 0 Å². The van der Waals surface area contributed by atoms with Crippen LogP contribution in [0, 0.1) is 11.3 Å². The van der Waals surface area contributed by atoms with Gasteiger partial charge in [-0.1, -0.05) is 10.3 Å². The Labute approximate surface area is 45.1 Å². The van der Waals surface area contributed by atoms with E-state index in [2.05, 4.69) is 10.3 Å². The van der Waals surface area contributed by atoms with E-state index in [1.807, 2.05) is 0 Å². The normalized spacial score (nSPS) is 11.6. The summed E-state index contributed by atoms with van der Waals surface area (Å²) in [4.78, 5) is 0. The minimum absolute atomic E-state index is 0.340. The molecule has 0 atom stereocenters. The molecule has 0 radical (unpaired) electrons. The topological polar surface area (TPSA) is 89.0 Å². The molecule has 0 bridgehead atoms. The molecule has 0 aromatic carbocycles. The Morgan fingerprint density at radius 1 is 1.62 bits per heavy atom. The lowest BCUT2D eigenvalue weighted by Crippen LogP contribution is -1.93. The number of rotatable bonds is 1. The third kappa shape index (κ3) is 1.77. The molecule has 5 nitrogen and oxygen atoms in total. The average Bonchev–Trinajstić information content (AvgIpc) is 1.83. The second-order valence-corrected chi connectivity index (χ2v) is 0.842. The zero-order chi connectivity index (χ0) is 6.41. The quantitative estimate of drug-likeness (QED) is 0.280. The minimum Gasteiger partial charge on any atom is -0.411 e. The standard InChI is InChI=1S/C3H3N3O2/c4-1-3(6-8)2-5-7/h2,7-8H/b5-2+,6-3+. The predicted octanol–water partition coefficient (Wildman–Crippen LogP) is -0.200. The highest BCUT2D eigenvalue weighted by Crippen LogP contribution is 1.65. The van der Waals surface area contributed by atoms with Crippen molar-refractivity contribution in [3.8, 4) is 6.07 Å². The van der Waals surface area contributed by atoms with E-state index in [1.165, 1.54) is 6.07 Å². The fraction of sp³-hybridized carbons (Fsp3) is 0. The van der Waals surface area contributed by atoms with Crippen molar-refractivity contribution in [1.29, 1.82) is 5.26 Å². The van der Waals surface area contributed by atoms with Crippen molar-refractivity contribution in [1.82, 2.24) is 0 Å².